The van der Waals surface area contributed by atoms with Crippen LogP contribution in [0.1, 0.15) is 5.69 Å². The third-order valence-electron chi connectivity index (χ3n) is 1.22. The van der Waals surface area contributed by atoms with Crippen molar-refractivity contribution in [2.24, 2.45) is 5.73 Å². The van der Waals surface area contributed by atoms with Crippen LogP contribution >= 0.6 is 15.9 Å². The first-order valence-electron chi connectivity index (χ1n) is 3.36. The molecule has 1 rings (SSSR count). The van der Waals surface area contributed by atoms with Crippen LogP contribution in [0, 0.1) is 6.92 Å². The fourth-order valence-electron chi connectivity index (χ4n) is 0.692. The molecule has 0 unspecified atom stereocenters. The van der Waals surface area contributed by atoms with E-state index < -0.39 is 6.09 Å². The fourth-order valence-corrected chi connectivity index (χ4v) is 1.09. The molecule has 0 aliphatic heterocycles. The van der Waals surface area contributed by atoms with E-state index in [2.05, 4.69) is 30.7 Å². The third kappa shape index (κ3) is 2.90. The van der Waals surface area contributed by atoms with Crippen molar-refractivity contribution in [1.82, 2.24) is 4.98 Å². The van der Waals surface area contributed by atoms with E-state index in [0.29, 0.717) is 16.0 Å². The third-order valence-corrected chi connectivity index (χ3v) is 1.66. The first-order valence-corrected chi connectivity index (χ1v) is 4.16. The number of nitrogens with two attached hydrogens (primary N) is 1. The van der Waals surface area contributed by atoms with Gasteiger partial charge in [-0.1, -0.05) is 0 Å². The molecule has 0 saturated heterocycles. The van der Waals surface area contributed by atoms with Gasteiger partial charge in [0.2, 0.25) is 0 Å². The molecule has 1 heterocycles. The minimum Gasteiger partial charge on any atom is -0.332 e. The zero-order valence-corrected chi connectivity index (χ0v) is 8.37. The van der Waals surface area contributed by atoms with E-state index in [9.17, 15) is 4.79 Å². The van der Waals surface area contributed by atoms with Crippen LogP contribution in [0.4, 0.5) is 4.79 Å². The zero-order valence-electron chi connectivity index (χ0n) is 6.78. The summed E-state index contributed by atoms with van der Waals surface area (Å²) >= 11 is 3.18. The van der Waals surface area contributed by atoms with Gasteiger partial charge in [-0.2, -0.15) is 0 Å². The SMILES string of the molecule is Cc1nc(Br)ccc1OOC(N)=O. The molecule has 0 aromatic carbocycles. The molecule has 6 heteroatoms. The average molecular weight is 247 g/mol. The summed E-state index contributed by atoms with van der Waals surface area (Å²) in [4.78, 5) is 22.9. The molecule has 0 fully saturated rings. The van der Waals surface area contributed by atoms with Crippen molar-refractivity contribution in [2.45, 2.75) is 6.92 Å². The molecule has 1 amide bonds. The van der Waals surface area contributed by atoms with Crippen molar-refractivity contribution in [2.75, 3.05) is 0 Å². The highest BCUT2D eigenvalue weighted by Crippen LogP contribution is 2.18. The summed E-state index contributed by atoms with van der Waals surface area (Å²) in [6.45, 7) is 1.71. The van der Waals surface area contributed by atoms with Crippen LogP contribution in [0.15, 0.2) is 16.7 Å². The van der Waals surface area contributed by atoms with Gasteiger partial charge in [-0.25, -0.2) is 14.7 Å². The number of aryl methyl sites for hydroxylation is 1. The van der Waals surface area contributed by atoms with Crippen molar-refractivity contribution in [3.63, 3.8) is 0 Å². The Kier molecular flexibility index (Phi) is 3.07. The summed E-state index contributed by atoms with van der Waals surface area (Å²) in [5.41, 5.74) is 5.30. The molecular formula is C7H7BrN2O3. The Balaban J connectivity index is 2.72. The van der Waals surface area contributed by atoms with Crippen LogP contribution in [0.5, 0.6) is 5.75 Å². The van der Waals surface area contributed by atoms with E-state index >= 15 is 0 Å². The molecular weight excluding hydrogens is 240 g/mol. The lowest BCUT2D eigenvalue weighted by molar-refractivity contribution is -0.139. The molecule has 13 heavy (non-hydrogen) atoms. The predicted octanol–water partition coefficient (Wildman–Crippen LogP) is 1.54. The lowest BCUT2D eigenvalue weighted by atomic mass is 10.3. The minimum atomic E-state index is -0.998. The maximum atomic E-state index is 10.2. The Morgan fingerprint density at radius 2 is 2.31 bits per heavy atom. The molecule has 70 valence electrons. The summed E-state index contributed by atoms with van der Waals surface area (Å²) in [5, 5.41) is 0. The van der Waals surface area contributed by atoms with Crippen LogP contribution < -0.4 is 10.6 Å². The van der Waals surface area contributed by atoms with E-state index in [1.54, 1.807) is 19.1 Å². The Labute approximate surface area is 82.9 Å². The maximum absolute atomic E-state index is 10.2. The smallest absolute Gasteiger partial charge is 0.332 e. The Hall–Kier alpha value is -1.30. The molecule has 0 bridgehead atoms. The number of halogens is 1. The van der Waals surface area contributed by atoms with E-state index in [-0.39, 0.29) is 0 Å². The average Bonchev–Trinajstić information content (AvgIpc) is 2.02. The minimum absolute atomic E-state index is 0.349. The summed E-state index contributed by atoms with van der Waals surface area (Å²) in [5.74, 6) is 0.349. The molecule has 2 N–H and O–H groups in total. The van der Waals surface area contributed by atoms with E-state index in [4.69, 9.17) is 5.73 Å². The molecule has 5 nitrogen and oxygen atoms in total. The van der Waals surface area contributed by atoms with Gasteiger partial charge < -0.3 is 5.73 Å². The van der Waals surface area contributed by atoms with E-state index in [1.165, 1.54) is 0 Å². The molecule has 1 aromatic rings. The number of amides is 1. The number of hydrogen-bond donors (Lipinski definition) is 1. The lowest BCUT2D eigenvalue weighted by Crippen LogP contribution is -2.15. The summed E-state index contributed by atoms with van der Waals surface area (Å²) in [6.07, 6.45) is -0.998. The van der Waals surface area contributed by atoms with E-state index in [0.717, 1.165) is 0 Å². The molecule has 0 aliphatic rings. The van der Waals surface area contributed by atoms with Crippen LogP contribution in [0.3, 0.4) is 0 Å². The van der Waals surface area contributed by atoms with Gasteiger partial charge >= 0.3 is 6.09 Å². The Bertz CT molecular complexity index is 330. The lowest BCUT2D eigenvalue weighted by Gasteiger charge is -2.03. The molecule has 0 atom stereocenters. The van der Waals surface area contributed by atoms with Crippen molar-refractivity contribution in [3.05, 3.63) is 22.4 Å². The highest BCUT2D eigenvalue weighted by Gasteiger charge is 2.04. The Morgan fingerprint density at radius 3 is 2.85 bits per heavy atom. The predicted molar refractivity (Wildman–Crippen MR) is 48.0 cm³/mol. The highest BCUT2D eigenvalue weighted by atomic mass is 79.9. The van der Waals surface area contributed by atoms with E-state index in [1.807, 2.05) is 0 Å². The number of hydrogen-bond acceptors (Lipinski definition) is 4. The van der Waals surface area contributed by atoms with Gasteiger partial charge in [0.15, 0.2) is 5.75 Å². The zero-order chi connectivity index (χ0) is 9.84. The van der Waals surface area contributed by atoms with Gasteiger partial charge in [-0.05, 0) is 35.0 Å². The van der Waals surface area contributed by atoms with Gasteiger partial charge in [0.1, 0.15) is 4.60 Å². The number of rotatable bonds is 2. The highest BCUT2D eigenvalue weighted by molar-refractivity contribution is 9.10. The normalized spacial score (nSPS) is 9.38. The molecule has 0 aliphatic carbocycles. The number of aromatic nitrogens is 1. The number of pyridine rings is 1. The summed E-state index contributed by atoms with van der Waals surface area (Å²) in [6, 6.07) is 3.27. The summed E-state index contributed by atoms with van der Waals surface area (Å²) in [7, 11) is 0. The molecule has 0 radical (unpaired) electrons. The number of primary amides is 1. The number of carbonyl (C=O) groups is 1. The molecule has 0 saturated carbocycles. The second-order valence-corrected chi connectivity index (χ2v) is 3.02. The fraction of sp³-hybridized carbons (Fsp3) is 0.143. The number of nitrogens with zero attached hydrogens (tertiary/aromatic N) is 1. The van der Waals surface area contributed by atoms with Gasteiger partial charge in [-0.15, -0.1) is 0 Å². The number of carbonyl (C=O) groups excluding carboxylic acids is 1. The van der Waals surface area contributed by atoms with Crippen molar-refractivity contribution < 1.29 is 14.6 Å². The van der Waals surface area contributed by atoms with Crippen LogP contribution in [-0.2, 0) is 4.89 Å². The first kappa shape index (κ1) is 9.79. The topological polar surface area (TPSA) is 74.4 Å². The molecule has 1 aromatic heterocycles. The van der Waals surface area contributed by atoms with Crippen molar-refractivity contribution in [1.29, 1.82) is 0 Å². The quantitative estimate of drug-likeness (QED) is 0.488. The Morgan fingerprint density at radius 1 is 1.62 bits per heavy atom. The van der Waals surface area contributed by atoms with Gasteiger partial charge in [-0.3, -0.25) is 4.89 Å². The van der Waals surface area contributed by atoms with Crippen LogP contribution in [0.25, 0.3) is 0 Å². The monoisotopic (exact) mass is 246 g/mol. The van der Waals surface area contributed by atoms with Crippen LogP contribution in [-0.4, -0.2) is 11.1 Å². The largest absolute Gasteiger partial charge is 0.447 e. The van der Waals surface area contributed by atoms with Gasteiger partial charge in [0.05, 0.1) is 5.69 Å². The van der Waals surface area contributed by atoms with Gasteiger partial charge in [0.25, 0.3) is 0 Å². The molecule has 0 spiro atoms. The van der Waals surface area contributed by atoms with Crippen molar-refractivity contribution >= 4 is 22.0 Å². The van der Waals surface area contributed by atoms with Gasteiger partial charge in [0, 0.05) is 0 Å². The van der Waals surface area contributed by atoms with Crippen molar-refractivity contribution in [3.8, 4) is 5.75 Å². The second kappa shape index (κ2) is 4.08. The van der Waals surface area contributed by atoms with Crippen LogP contribution in [0.2, 0.25) is 0 Å². The first-order chi connectivity index (χ1) is 6.09. The second-order valence-electron chi connectivity index (χ2n) is 2.20. The maximum Gasteiger partial charge on any atom is 0.447 e. The standard InChI is InChI=1S/C7H7BrN2O3/c1-4-5(12-13-7(9)11)2-3-6(8)10-4/h2-3H,1H3,(H2,9,11). The summed E-state index contributed by atoms with van der Waals surface area (Å²) < 4.78 is 0.677.